The summed E-state index contributed by atoms with van der Waals surface area (Å²) in [7, 11) is 5.05. The van der Waals surface area contributed by atoms with Gasteiger partial charge in [-0.3, -0.25) is 4.90 Å². The summed E-state index contributed by atoms with van der Waals surface area (Å²) in [6, 6.07) is 13.8. The van der Waals surface area contributed by atoms with Crippen molar-refractivity contribution in [2.75, 3.05) is 47.6 Å². The lowest BCUT2D eigenvalue weighted by Gasteiger charge is -2.19. The van der Waals surface area contributed by atoms with Gasteiger partial charge in [-0.25, -0.2) is 0 Å². The van der Waals surface area contributed by atoms with Gasteiger partial charge in [-0.1, -0.05) is 18.2 Å². The van der Waals surface area contributed by atoms with Crippen LogP contribution in [0.4, 0.5) is 0 Å². The van der Waals surface area contributed by atoms with E-state index in [4.69, 9.17) is 18.9 Å². The normalized spacial score (nSPS) is 17.1. The molecule has 2 aromatic carbocycles. The Morgan fingerprint density at radius 3 is 2.54 bits per heavy atom. The first-order valence-corrected chi connectivity index (χ1v) is 8.95. The predicted molar refractivity (Wildman–Crippen MR) is 102 cm³/mol. The summed E-state index contributed by atoms with van der Waals surface area (Å²) in [5.74, 6) is 3.76. The van der Waals surface area contributed by atoms with Crippen LogP contribution in [0.3, 0.4) is 0 Å². The molecule has 2 aromatic rings. The molecule has 1 heterocycles. The Balaban J connectivity index is 1.54. The van der Waals surface area contributed by atoms with Crippen LogP contribution in [0.1, 0.15) is 17.9 Å². The second kappa shape index (κ2) is 8.81. The number of nitrogens with zero attached hydrogens (tertiary/aromatic N) is 1. The predicted octanol–water partition coefficient (Wildman–Crippen LogP) is 3.58. The van der Waals surface area contributed by atoms with Gasteiger partial charge in [0.1, 0.15) is 18.1 Å². The monoisotopic (exact) mass is 357 g/mol. The van der Waals surface area contributed by atoms with Crippen molar-refractivity contribution in [1.29, 1.82) is 0 Å². The van der Waals surface area contributed by atoms with Gasteiger partial charge in [0, 0.05) is 30.6 Å². The Kier molecular flexibility index (Phi) is 6.23. The third-order valence-corrected chi connectivity index (χ3v) is 4.86. The van der Waals surface area contributed by atoms with E-state index in [0.717, 1.165) is 49.1 Å². The van der Waals surface area contributed by atoms with Gasteiger partial charge in [-0.05, 0) is 31.2 Å². The van der Waals surface area contributed by atoms with E-state index in [1.807, 2.05) is 36.4 Å². The molecule has 140 valence electrons. The second-order valence-electron chi connectivity index (χ2n) is 6.40. The largest absolute Gasteiger partial charge is 0.497 e. The fourth-order valence-corrected chi connectivity index (χ4v) is 3.51. The van der Waals surface area contributed by atoms with E-state index in [0.29, 0.717) is 12.5 Å². The topological polar surface area (TPSA) is 40.2 Å². The number of ether oxygens (including phenoxy) is 4. The minimum Gasteiger partial charge on any atom is -0.497 e. The number of benzene rings is 2. The van der Waals surface area contributed by atoms with Crippen LogP contribution >= 0.6 is 0 Å². The average molecular weight is 357 g/mol. The third kappa shape index (κ3) is 4.22. The highest BCUT2D eigenvalue weighted by atomic mass is 16.5. The van der Waals surface area contributed by atoms with Crippen molar-refractivity contribution in [3.63, 3.8) is 0 Å². The van der Waals surface area contributed by atoms with Gasteiger partial charge in [-0.15, -0.1) is 0 Å². The summed E-state index contributed by atoms with van der Waals surface area (Å²) in [6.07, 6.45) is 1.11. The SMILES string of the molecule is COc1cccc(OCCN2CCC(c3cccc(OC)c3OC)C2)c1. The minimum absolute atomic E-state index is 0.455. The zero-order valence-electron chi connectivity index (χ0n) is 15.7. The Morgan fingerprint density at radius 2 is 1.77 bits per heavy atom. The highest BCUT2D eigenvalue weighted by Crippen LogP contribution is 2.39. The summed E-state index contributed by atoms with van der Waals surface area (Å²) in [5, 5.41) is 0. The van der Waals surface area contributed by atoms with Crippen molar-refractivity contribution in [3.8, 4) is 23.0 Å². The lowest BCUT2D eigenvalue weighted by molar-refractivity contribution is 0.235. The average Bonchev–Trinajstić information content (AvgIpc) is 3.16. The first-order chi connectivity index (χ1) is 12.7. The fourth-order valence-electron chi connectivity index (χ4n) is 3.51. The van der Waals surface area contributed by atoms with Crippen LogP contribution in [0.15, 0.2) is 42.5 Å². The third-order valence-electron chi connectivity index (χ3n) is 4.86. The van der Waals surface area contributed by atoms with Crippen molar-refractivity contribution in [1.82, 2.24) is 4.90 Å². The zero-order valence-corrected chi connectivity index (χ0v) is 15.7. The van der Waals surface area contributed by atoms with Gasteiger partial charge in [0.25, 0.3) is 0 Å². The fraction of sp³-hybridized carbons (Fsp3) is 0.429. The van der Waals surface area contributed by atoms with E-state index >= 15 is 0 Å². The summed E-state index contributed by atoms with van der Waals surface area (Å²) in [4.78, 5) is 2.43. The smallest absolute Gasteiger partial charge is 0.164 e. The van der Waals surface area contributed by atoms with E-state index in [1.54, 1.807) is 21.3 Å². The number of hydrogen-bond donors (Lipinski definition) is 0. The molecule has 1 fully saturated rings. The van der Waals surface area contributed by atoms with Gasteiger partial charge in [0.2, 0.25) is 0 Å². The molecular weight excluding hydrogens is 330 g/mol. The molecule has 0 aliphatic carbocycles. The molecule has 0 aromatic heterocycles. The summed E-state index contributed by atoms with van der Waals surface area (Å²) < 4.78 is 22.1. The summed E-state index contributed by atoms with van der Waals surface area (Å²) in [5.41, 5.74) is 1.23. The molecule has 1 aliphatic heterocycles. The Morgan fingerprint density at radius 1 is 0.962 bits per heavy atom. The molecular formula is C21H27NO4. The molecule has 1 unspecified atom stereocenters. The number of rotatable bonds is 8. The minimum atomic E-state index is 0.455. The first-order valence-electron chi connectivity index (χ1n) is 8.95. The van der Waals surface area contributed by atoms with Crippen LogP contribution in [0, 0.1) is 0 Å². The Hall–Kier alpha value is -2.40. The molecule has 0 radical (unpaired) electrons. The molecule has 0 amide bonds. The van der Waals surface area contributed by atoms with Crippen LogP contribution in [0.2, 0.25) is 0 Å². The lowest BCUT2D eigenvalue weighted by Crippen LogP contribution is -2.26. The maximum Gasteiger partial charge on any atom is 0.164 e. The molecule has 0 spiro atoms. The molecule has 0 bridgehead atoms. The van der Waals surface area contributed by atoms with Gasteiger partial charge >= 0.3 is 0 Å². The van der Waals surface area contributed by atoms with Crippen LogP contribution in [-0.2, 0) is 0 Å². The first kappa shape index (κ1) is 18.4. The molecule has 3 rings (SSSR count). The standard InChI is InChI=1S/C21H27NO4/c1-23-17-6-4-7-18(14-17)26-13-12-22-11-10-16(15-22)19-8-5-9-20(24-2)21(19)25-3/h4-9,14,16H,10-13,15H2,1-3H3. The highest BCUT2D eigenvalue weighted by Gasteiger charge is 2.27. The maximum atomic E-state index is 5.87. The van der Waals surface area contributed by atoms with Gasteiger partial charge in [-0.2, -0.15) is 0 Å². The Bertz CT molecular complexity index is 719. The molecule has 1 saturated heterocycles. The highest BCUT2D eigenvalue weighted by molar-refractivity contribution is 5.48. The number of likely N-dealkylation sites (tertiary alicyclic amines) is 1. The molecule has 5 nitrogen and oxygen atoms in total. The molecule has 26 heavy (non-hydrogen) atoms. The lowest BCUT2D eigenvalue weighted by atomic mass is 9.97. The van der Waals surface area contributed by atoms with Crippen LogP contribution in [0.5, 0.6) is 23.0 Å². The van der Waals surface area contributed by atoms with Crippen molar-refractivity contribution in [2.45, 2.75) is 12.3 Å². The summed E-state index contributed by atoms with van der Waals surface area (Å²) in [6.45, 7) is 3.63. The maximum absolute atomic E-state index is 5.87. The number of hydrogen-bond acceptors (Lipinski definition) is 5. The van der Waals surface area contributed by atoms with Crippen LogP contribution in [-0.4, -0.2) is 52.5 Å². The van der Waals surface area contributed by atoms with E-state index in [9.17, 15) is 0 Å². The van der Waals surface area contributed by atoms with Gasteiger partial charge < -0.3 is 18.9 Å². The van der Waals surface area contributed by atoms with Crippen LogP contribution < -0.4 is 18.9 Å². The molecule has 0 N–H and O–H groups in total. The molecule has 1 atom stereocenters. The van der Waals surface area contributed by atoms with Crippen molar-refractivity contribution < 1.29 is 18.9 Å². The zero-order chi connectivity index (χ0) is 18.4. The number of para-hydroxylation sites is 1. The van der Waals surface area contributed by atoms with E-state index in [1.165, 1.54) is 5.56 Å². The van der Waals surface area contributed by atoms with Crippen molar-refractivity contribution in [2.24, 2.45) is 0 Å². The van der Waals surface area contributed by atoms with E-state index in [-0.39, 0.29) is 0 Å². The molecule has 0 saturated carbocycles. The van der Waals surface area contributed by atoms with Crippen molar-refractivity contribution >= 4 is 0 Å². The van der Waals surface area contributed by atoms with Gasteiger partial charge in [0.15, 0.2) is 11.5 Å². The summed E-state index contributed by atoms with van der Waals surface area (Å²) >= 11 is 0. The molecule has 1 aliphatic rings. The quantitative estimate of drug-likeness (QED) is 0.722. The van der Waals surface area contributed by atoms with Crippen LogP contribution in [0.25, 0.3) is 0 Å². The van der Waals surface area contributed by atoms with E-state index < -0.39 is 0 Å². The molecule has 5 heteroatoms. The second-order valence-corrected chi connectivity index (χ2v) is 6.40. The van der Waals surface area contributed by atoms with Crippen molar-refractivity contribution in [3.05, 3.63) is 48.0 Å². The van der Waals surface area contributed by atoms with Gasteiger partial charge in [0.05, 0.1) is 21.3 Å². The number of methoxy groups -OCH3 is 3. The Labute approximate surface area is 155 Å². The van der Waals surface area contributed by atoms with E-state index in [2.05, 4.69) is 11.0 Å².